The van der Waals surface area contributed by atoms with Crippen LogP contribution in [0.15, 0.2) is 16.7 Å². The molecule has 0 saturated carbocycles. The van der Waals surface area contributed by atoms with Gasteiger partial charge in [0.2, 0.25) is 0 Å². The molecule has 0 saturated heterocycles. The van der Waals surface area contributed by atoms with Gasteiger partial charge in [-0.3, -0.25) is 0 Å². The fourth-order valence-corrected chi connectivity index (χ4v) is 2.21. The summed E-state index contributed by atoms with van der Waals surface area (Å²) >= 11 is 0. The summed E-state index contributed by atoms with van der Waals surface area (Å²) in [6.07, 6.45) is 1.77. The molecule has 3 nitrogen and oxygen atoms in total. The van der Waals surface area contributed by atoms with Gasteiger partial charge in [0.1, 0.15) is 5.76 Å². The van der Waals surface area contributed by atoms with E-state index in [1.165, 1.54) is 5.56 Å². The zero-order valence-electron chi connectivity index (χ0n) is 13.6. The van der Waals surface area contributed by atoms with Gasteiger partial charge in [-0.15, -0.1) is 0 Å². The molecule has 3 heteroatoms. The van der Waals surface area contributed by atoms with Crippen LogP contribution in [-0.2, 0) is 6.54 Å². The maximum absolute atomic E-state index is 5.35. The van der Waals surface area contributed by atoms with E-state index < -0.39 is 0 Å². The summed E-state index contributed by atoms with van der Waals surface area (Å²) in [5.74, 6) is 1.03. The molecule has 1 heterocycles. The van der Waals surface area contributed by atoms with E-state index in [0.717, 1.165) is 25.4 Å². The predicted octanol–water partition coefficient (Wildman–Crippen LogP) is 3.43. The third-order valence-electron chi connectivity index (χ3n) is 3.20. The van der Waals surface area contributed by atoms with Crippen molar-refractivity contribution >= 4 is 0 Å². The van der Waals surface area contributed by atoms with Gasteiger partial charge in [0.15, 0.2) is 0 Å². The molecule has 0 spiro atoms. The Hall–Kier alpha value is -0.800. The van der Waals surface area contributed by atoms with Crippen LogP contribution >= 0.6 is 0 Å². The van der Waals surface area contributed by atoms with Gasteiger partial charge in [-0.1, -0.05) is 13.8 Å². The van der Waals surface area contributed by atoms with Crippen LogP contribution < -0.4 is 5.32 Å². The summed E-state index contributed by atoms with van der Waals surface area (Å²) in [4.78, 5) is 2.36. The first-order valence-electron chi connectivity index (χ1n) is 7.06. The summed E-state index contributed by atoms with van der Waals surface area (Å²) in [5.41, 5.74) is 1.71. The topological polar surface area (TPSA) is 28.4 Å². The largest absolute Gasteiger partial charge is 0.469 e. The summed E-state index contributed by atoms with van der Waals surface area (Å²) in [5, 5.41) is 3.59. The van der Waals surface area contributed by atoms with E-state index in [1.807, 2.05) is 6.92 Å². The monoisotopic (exact) mass is 266 g/mol. The fraction of sp³-hybridized carbons (Fsp3) is 0.750. The smallest absolute Gasteiger partial charge is 0.105 e. The van der Waals surface area contributed by atoms with Gasteiger partial charge in [0.25, 0.3) is 0 Å². The highest BCUT2D eigenvalue weighted by atomic mass is 16.3. The molecule has 1 rings (SSSR count). The maximum atomic E-state index is 5.35. The molecular formula is C16H30N2O. The molecule has 1 N–H and O–H groups in total. The second-order valence-electron chi connectivity index (χ2n) is 7.44. The van der Waals surface area contributed by atoms with E-state index >= 15 is 0 Å². The van der Waals surface area contributed by atoms with Crippen LogP contribution in [0.2, 0.25) is 0 Å². The highest BCUT2D eigenvalue weighted by Crippen LogP contribution is 2.19. The van der Waals surface area contributed by atoms with Gasteiger partial charge in [0, 0.05) is 30.7 Å². The maximum Gasteiger partial charge on any atom is 0.105 e. The minimum absolute atomic E-state index is 0.178. The Labute approximate surface area is 118 Å². The van der Waals surface area contributed by atoms with Crippen LogP contribution in [-0.4, -0.2) is 30.6 Å². The molecule has 0 amide bonds. The molecule has 0 fully saturated rings. The first kappa shape index (κ1) is 16.3. The Balaban J connectivity index is 2.46. The Morgan fingerprint density at radius 2 is 1.84 bits per heavy atom. The minimum atomic E-state index is 0.178. The van der Waals surface area contributed by atoms with Crippen LogP contribution in [0.3, 0.4) is 0 Å². The average molecular weight is 266 g/mol. The fourth-order valence-electron chi connectivity index (χ4n) is 2.21. The number of rotatable bonds is 6. The molecule has 0 aromatic carbocycles. The van der Waals surface area contributed by atoms with Crippen LogP contribution in [0, 0.1) is 12.3 Å². The summed E-state index contributed by atoms with van der Waals surface area (Å²) < 4.78 is 5.35. The van der Waals surface area contributed by atoms with E-state index in [4.69, 9.17) is 4.42 Å². The highest BCUT2D eigenvalue weighted by Gasteiger charge is 2.23. The van der Waals surface area contributed by atoms with Crippen LogP contribution in [0.1, 0.15) is 45.9 Å². The molecule has 1 aromatic heterocycles. The average Bonchev–Trinajstić information content (AvgIpc) is 2.60. The molecule has 0 aliphatic heterocycles. The van der Waals surface area contributed by atoms with Crippen molar-refractivity contribution in [3.63, 3.8) is 0 Å². The summed E-state index contributed by atoms with van der Waals surface area (Å²) in [7, 11) is 2.17. The molecule has 0 aliphatic carbocycles. The van der Waals surface area contributed by atoms with Crippen molar-refractivity contribution in [1.29, 1.82) is 0 Å². The van der Waals surface area contributed by atoms with Gasteiger partial charge in [-0.05, 0) is 46.2 Å². The number of furan rings is 1. The molecule has 19 heavy (non-hydrogen) atoms. The standard InChI is InChI=1S/C16H30N2O/c1-13-14(8-9-19-13)10-18(7)12-16(5,6)11-17-15(2,3)4/h8-9,17H,10-12H2,1-7H3. The van der Waals surface area contributed by atoms with Crippen molar-refractivity contribution in [1.82, 2.24) is 10.2 Å². The molecule has 0 radical (unpaired) electrons. The minimum Gasteiger partial charge on any atom is -0.469 e. The van der Waals surface area contributed by atoms with Gasteiger partial charge >= 0.3 is 0 Å². The van der Waals surface area contributed by atoms with Crippen molar-refractivity contribution in [2.45, 2.75) is 53.6 Å². The van der Waals surface area contributed by atoms with E-state index in [9.17, 15) is 0 Å². The van der Waals surface area contributed by atoms with E-state index in [1.54, 1.807) is 6.26 Å². The summed E-state index contributed by atoms with van der Waals surface area (Å²) in [6, 6.07) is 2.06. The third kappa shape index (κ3) is 6.26. The quantitative estimate of drug-likeness (QED) is 0.855. The van der Waals surface area contributed by atoms with Crippen molar-refractivity contribution in [3.05, 3.63) is 23.7 Å². The SMILES string of the molecule is Cc1occc1CN(C)CC(C)(C)CNC(C)(C)C. The van der Waals surface area contributed by atoms with Gasteiger partial charge in [-0.25, -0.2) is 0 Å². The van der Waals surface area contributed by atoms with Crippen LogP contribution in [0.25, 0.3) is 0 Å². The number of nitrogens with zero attached hydrogens (tertiary/aromatic N) is 1. The lowest BCUT2D eigenvalue weighted by atomic mass is 9.91. The number of aryl methyl sites for hydroxylation is 1. The second kappa shape index (κ2) is 6.10. The lowest BCUT2D eigenvalue weighted by Gasteiger charge is -2.33. The Bertz CT molecular complexity index is 388. The van der Waals surface area contributed by atoms with Gasteiger partial charge in [0.05, 0.1) is 6.26 Å². The third-order valence-corrected chi connectivity index (χ3v) is 3.20. The van der Waals surface area contributed by atoms with E-state index in [0.29, 0.717) is 0 Å². The molecule has 1 aromatic rings. The van der Waals surface area contributed by atoms with Gasteiger partial charge in [-0.2, -0.15) is 0 Å². The van der Waals surface area contributed by atoms with Crippen molar-refractivity contribution in [3.8, 4) is 0 Å². The zero-order valence-corrected chi connectivity index (χ0v) is 13.6. The first-order chi connectivity index (χ1) is 8.59. The number of hydrogen-bond donors (Lipinski definition) is 1. The van der Waals surface area contributed by atoms with Crippen molar-refractivity contribution in [2.24, 2.45) is 5.41 Å². The lowest BCUT2D eigenvalue weighted by molar-refractivity contribution is 0.186. The van der Waals surface area contributed by atoms with Crippen LogP contribution in [0.5, 0.6) is 0 Å². The second-order valence-corrected chi connectivity index (χ2v) is 7.44. The van der Waals surface area contributed by atoms with Crippen molar-refractivity contribution < 1.29 is 4.42 Å². The number of hydrogen-bond acceptors (Lipinski definition) is 3. The van der Waals surface area contributed by atoms with E-state index in [2.05, 4.69) is 57.9 Å². The van der Waals surface area contributed by atoms with Crippen molar-refractivity contribution in [2.75, 3.05) is 20.1 Å². The number of nitrogens with one attached hydrogen (secondary N) is 1. The van der Waals surface area contributed by atoms with E-state index in [-0.39, 0.29) is 11.0 Å². The summed E-state index contributed by atoms with van der Waals surface area (Å²) in [6.45, 7) is 16.3. The molecule has 0 unspecified atom stereocenters. The van der Waals surface area contributed by atoms with Gasteiger partial charge < -0.3 is 14.6 Å². The molecular weight excluding hydrogens is 236 g/mol. The van der Waals surface area contributed by atoms with Crippen LogP contribution in [0.4, 0.5) is 0 Å². The normalized spacial score (nSPS) is 13.3. The Morgan fingerprint density at radius 3 is 2.32 bits per heavy atom. The molecule has 110 valence electrons. The Kier molecular flexibility index (Phi) is 5.22. The Morgan fingerprint density at radius 1 is 1.21 bits per heavy atom. The molecule has 0 atom stereocenters. The molecule has 0 bridgehead atoms. The zero-order chi connectivity index (χ0) is 14.7. The first-order valence-corrected chi connectivity index (χ1v) is 7.06. The molecule has 0 aliphatic rings. The highest BCUT2D eigenvalue weighted by molar-refractivity contribution is 5.15. The lowest BCUT2D eigenvalue weighted by Crippen LogP contribution is -2.45. The predicted molar refractivity (Wildman–Crippen MR) is 81.3 cm³/mol.